The summed E-state index contributed by atoms with van der Waals surface area (Å²) in [5, 5.41) is 0.887. The normalized spacial score (nSPS) is 17.2. The summed E-state index contributed by atoms with van der Waals surface area (Å²) in [6.45, 7) is 2.60. The van der Waals surface area contributed by atoms with Crippen molar-refractivity contribution >= 4 is 44.8 Å². The highest BCUT2D eigenvalue weighted by atomic mass is 32.1. The number of thiazole rings is 1. The number of piperidine rings is 1. The lowest BCUT2D eigenvalue weighted by atomic mass is 10.0. The Balaban J connectivity index is 1.40. The second-order valence-electron chi connectivity index (χ2n) is 6.66. The van der Waals surface area contributed by atoms with Crippen LogP contribution in [0.15, 0.2) is 36.4 Å². The molecule has 1 saturated heterocycles. The number of para-hydroxylation sites is 1. The highest BCUT2D eigenvalue weighted by Gasteiger charge is 2.24. The van der Waals surface area contributed by atoms with Gasteiger partial charge >= 0.3 is 5.97 Å². The predicted octanol–water partition coefficient (Wildman–Crippen LogP) is 4.58. The zero-order valence-electron chi connectivity index (χ0n) is 15.0. The van der Waals surface area contributed by atoms with E-state index >= 15 is 0 Å². The second-order valence-corrected chi connectivity index (χ2v) is 8.77. The van der Waals surface area contributed by atoms with Crippen LogP contribution in [0.1, 0.15) is 35.9 Å². The molecule has 0 bridgehead atoms. The Kier molecular flexibility index (Phi) is 5.22. The fraction of sp³-hybridized carbons (Fsp3) is 0.350. The second kappa shape index (κ2) is 7.78. The number of ether oxygens (including phenoxy) is 1. The maximum atomic E-state index is 12.3. The first-order valence-electron chi connectivity index (χ1n) is 9.04. The van der Waals surface area contributed by atoms with Crippen LogP contribution in [0, 0.1) is 0 Å². The molecule has 0 spiro atoms. The SMILES string of the molecule is C[C@@H]1CCCCN1C(=O)COC(=O)c1ccc(-c2nc3ccccc3s2)s1. The van der Waals surface area contributed by atoms with E-state index in [4.69, 9.17) is 4.74 Å². The van der Waals surface area contributed by atoms with Gasteiger partial charge in [0, 0.05) is 12.6 Å². The number of amides is 1. The van der Waals surface area contributed by atoms with E-state index in [-0.39, 0.29) is 18.6 Å². The van der Waals surface area contributed by atoms with Gasteiger partial charge in [0.15, 0.2) is 6.61 Å². The van der Waals surface area contributed by atoms with Crippen LogP contribution < -0.4 is 0 Å². The molecule has 0 N–H and O–H groups in total. The summed E-state index contributed by atoms with van der Waals surface area (Å²) < 4.78 is 6.38. The number of esters is 1. The molecule has 1 atom stereocenters. The number of carbonyl (C=O) groups excluding carboxylic acids is 2. The fourth-order valence-electron chi connectivity index (χ4n) is 3.29. The van der Waals surface area contributed by atoms with E-state index < -0.39 is 5.97 Å². The molecule has 0 saturated carbocycles. The molecule has 0 radical (unpaired) electrons. The van der Waals surface area contributed by atoms with Crippen LogP contribution >= 0.6 is 22.7 Å². The molecular weight excluding hydrogens is 380 g/mol. The first-order valence-corrected chi connectivity index (χ1v) is 10.7. The number of carbonyl (C=O) groups is 2. The summed E-state index contributed by atoms with van der Waals surface area (Å²) in [5.74, 6) is -0.566. The number of hydrogen-bond donors (Lipinski definition) is 0. The standard InChI is InChI=1S/C20H20N2O3S2/c1-13-6-4-5-11-22(13)18(23)12-25-20(24)17-10-9-16(26-17)19-21-14-7-2-3-8-15(14)27-19/h2-3,7-10,13H,4-6,11-12H2,1H3/t13-/m1/s1. The number of fused-ring (bicyclic) bond motifs is 1. The molecule has 3 aromatic rings. The molecule has 5 nitrogen and oxygen atoms in total. The molecule has 27 heavy (non-hydrogen) atoms. The average Bonchev–Trinajstić information content (AvgIpc) is 3.33. The van der Waals surface area contributed by atoms with Crippen molar-refractivity contribution in [1.29, 1.82) is 0 Å². The van der Waals surface area contributed by atoms with Gasteiger partial charge in [-0.1, -0.05) is 12.1 Å². The van der Waals surface area contributed by atoms with Crippen molar-refractivity contribution < 1.29 is 14.3 Å². The first kappa shape index (κ1) is 18.1. The topological polar surface area (TPSA) is 59.5 Å². The number of aromatic nitrogens is 1. The minimum absolute atomic E-state index is 0.112. The highest BCUT2D eigenvalue weighted by molar-refractivity contribution is 7.26. The minimum Gasteiger partial charge on any atom is -0.451 e. The van der Waals surface area contributed by atoms with Gasteiger partial charge in [-0.05, 0) is 50.5 Å². The third-order valence-corrected chi connectivity index (χ3v) is 7.03. The number of nitrogens with zero attached hydrogens (tertiary/aromatic N) is 2. The maximum Gasteiger partial charge on any atom is 0.348 e. The van der Waals surface area contributed by atoms with Crippen LogP contribution in [-0.4, -0.2) is 41.0 Å². The first-order chi connectivity index (χ1) is 13.1. The smallest absolute Gasteiger partial charge is 0.348 e. The van der Waals surface area contributed by atoms with Crippen LogP contribution in [0.3, 0.4) is 0 Å². The molecule has 1 aliphatic rings. The predicted molar refractivity (Wildman–Crippen MR) is 108 cm³/mol. The van der Waals surface area contributed by atoms with Crippen LogP contribution in [-0.2, 0) is 9.53 Å². The van der Waals surface area contributed by atoms with Crippen molar-refractivity contribution in [2.75, 3.05) is 13.2 Å². The Morgan fingerprint density at radius 2 is 2.04 bits per heavy atom. The molecule has 3 heterocycles. The van der Waals surface area contributed by atoms with Crippen LogP contribution in [0.5, 0.6) is 0 Å². The maximum absolute atomic E-state index is 12.3. The lowest BCUT2D eigenvalue weighted by Gasteiger charge is -2.33. The number of benzene rings is 1. The highest BCUT2D eigenvalue weighted by Crippen LogP contribution is 2.34. The number of likely N-dealkylation sites (tertiary alicyclic amines) is 1. The van der Waals surface area contributed by atoms with E-state index in [1.807, 2.05) is 42.2 Å². The Labute approximate surface area is 165 Å². The summed E-state index contributed by atoms with van der Waals surface area (Å²) in [6.07, 6.45) is 3.17. The zero-order chi connectivity index (χ0) is 18.8. The van der Waals surface area contributed by atoms with E-state index in [1.165, 1.54) is 11.3 Å². The van der Waals surface area contributed by atoms with Gasteiger partial charge in [-0.25, -0.2) is 9.78 Å². The average molecular weight is 401 g/mol. The van der Waals surface area contributed by atoms with Crippen molar-refractivity contribution in [1.82, 2.24) is 9.88 Å². The third-order valence-electron chi connectivity index (χ3n) is 4.76. The molecule has 1 aliphatic heterocycles. The summed E-state index contributed by atoms with van der Waals surface area (Å²) >= 11 is 2.94. The fourth-order valence-corrected chi connectivity index (χ4v) is 5.21. The zero-order valence-corrected chi connectivity index (χ0v) is 16.6. The van der Waals surface area contributed by atoms with E-state index in [2.05, 4.69) is 4.98 Å². The molecule has 1 amide bonds. The van der Waals surface area contributed by atoms with Gasteiger partial charge < -0.3 is 9.64 Å². The van der Waals surface area contributed by atoms with Gasteiger partial charge in [-0.15, -0.1) is 22.7 Å². The lowest BCUT2D eigenvalue weighted by Crippen LogP contribution is -2.44. The molecule has 1 aromatic carbocycles. The van der Waals surface area contributed by atoms with Crippen molar-refractivity contribution in [2.24, 2.45) is 0 Å². The van der Waals surface area contributed by atoms with E-state index in [0.717, 1.165) is 45.9 Å². The minimum atomic E-state index is -0.453. The van der Waals surface area contributed by atoms with Gasteiger partial charge in [0.25, 0.3) is 5.91 Å². The van der Waals surface area contributed by atoms with Crippen molar-refractivity contribution in [2.45, 2.75) is 32.2 Å². The summed E-state index contributed by atoms with van der Waals surface area (Å²) in [4.78, 5) is 32.5. The molecule has 140 valence electrons. The summed E-state index contributed by atoms with van der Waals surface area (Å²) in [5.41, 5.74) is 0.955. The molecule has 0 aliphatic carbocycles. The lowest BCUT2D eigenvalue weighted by molar-refractivity contribution is -0.137. The van der Waals surface area contributed by atoms with Gasteiger partial charge in [-0.3, -0.25) is 4.79 Å². The van der Waals surface area contributed by atoms with E-state index in [0.29, 0.717) is 4.88 Å². The molecule has 1 fully saturated rings. The number of hydrogen-bond acceptors (Lipinski definition) is 6. The van der Waals surface area contributed by atoms with Crippen LogP contribution in [0.25, 0.3) is 20.1 Å². The van der Waals surface area contributed by atoms with Gasteiger partial charge in [0.1, 0.15) is 9.88 Å². The van der Waals surface area contributed by atoms with Crippen LogP contribution in [0.2, 0.25) is 0 Å². The molecule has 4 rings (SSSR count). The number of rotatable bonds is 4. The summed E-state index contributed by atoms with van der Waals surface area (Å²) in [7, 11) is 0. The van der Waals surface area contributed by atoms with Crippen LogP contribution in [0.4, 0.5) is 0 Å². The van der Waals surface area contributed by atoms with E-state index in [1.54, 1.807) is 17.4 Å². The van der Waals surface area contributed by atoms with E-state index in [9.17, 15) is 9.59 Å². The molecular formula is C20H20N2O3S2. The number of thiophene rings is 1. The quantitative estimate of drug-likeness (QED) is 0.602. The molecule has 2 aromatic heterocycles. The van der Waals surface area contributed by atoms with Gasteiger partial charge in [-0.2, -0.15) is 0 Å². The van der Waals surface area contributed by atoms with Crippen molar-refractivity contribution in [3.8, 4) is 9.88 Å². The Morgan fingerprint density at radius 3 is 2.85 bits per heavy atom. The Hall–Kier alpha value is -2.25. The van der Waals surface area contributed by atoms with Gasteiger partial charge in [0.05, 0.1) is 15.1 Å². The van der Waals surface area contributed by atoms with Gasteiger partial charge in [0.2, 0.25) is 0 Å². The monoisotopic (exact) mass is 400 g/mol. The Morgan fingerprint density at radius 1 is 1.19 bits per heavy atom. The van der Waals surface area contributed by atoms with Crippen molar-refractivity contribution in [3.05, 3.63) is 41.3 Å². The molecule has 0 unspecified atom stereocenters. The molecule has 7 heteroatoms. The van der Waals surface area contributed by atoms with Crippen molar-refractivity contribution in [3.63, 3.8) is 0 Å². The summed E-state index contributed by atoms with van der Waals surface area (Å²) in [6, 6.07) is 11.8. The largest absolute Gasteiger partial charge is 0.451 e. The Bertz CT molecular complexity index is 945. The third kappa shape index (κ3) is 3.89.